The molecule has 0 amide bonds. The second-order valence-electron chi connectivity index (χ2n) is 6.01. The summed E-state index contributed by atoms with van der Waals surface area (Å²) in [6, 6.07) is 7.32. The molecular formula is C20H20N4O2. The van der Waals surface area contributed by atoms with Crippen LogP contribution in [0.4, 0.5) is 0 Å². The van der Waals surface area contributed by atoms with E-state index in [0.717, 1.165) is 22.6 Å². The van der Waals surface area contributed by atoms with E-state index in [1.807, 2.05) is 39.0 Å². The Morgan fingerprint density at radius 3 is 2.46 bits per heavy atom. The molecule has 0 unspecified atom stereocenters. The van der Waals surface area contributed by atoms with Crippen LogP contribution >= 0.6 is 0 Å². The normalized spacial score (nSPS) is 10.6. The molecule has 0 radical (unpaired) electrons. The average Bonchev–Trinajstić information content (AvgIpc) is 2.65. The highest BCUT2D eigenvalue weighted by Crippen LogP contribution is 2.22. The minimum atomic E-state index is -0.0924. The number of carbonyl (C=O) groups excluding carboxylic acids is 1. The van der Waals surface area contributed by atoms with Crippen LogP contribution in [0.5, 0.6) is 11.5 Å². The van der Waals surface area contributed by atoms with Crippen LogP contribution in [0.3, 0.4) is 0 Å². The molecule has 0 spiro atoms. The zero-order chi connectivity index (χ0) is 18.5. The minimum Gasteiger partial charge on any atom is -0.454 e. The van der Waals surface area contributed by atoms with Crippen LogP contribution in [0.1, 0.15) is 40.1 Å². The summed E-state index contributed by atoms with van der Waals surface area (Å²) < 4.78 is 5.76. The van der Waals surface area contributed by atoms with Gasteiger partial charge in [-0.15, -0.1) is 0 Å². The number of aromatic nitrogens is 4. The quantitative estimate of drug-likeness (QED) is 0.633. The van der Waals surface area contributed by atoms with Crippen LogP contribution in [0, 0.1) is 13.8 Å². The number of hydrogen-bond donors (Lipinski definition) is 0. The highest BCUT2D eigenvalue weighted by molar-refractivity contribution is 5.96. The standard InChI is InChI=1S/C20H20N4O2/c1-4-15-7-17(26-18-10-21-12-22-11-18)9-19(24-15)20(25)8-16-6-5-13(2)14(3)23-16/h5-7,9-12H,4,8H2,1-3H3. The van der Waals surface area contributed by atoms with E-state index in [2.05, 4.69) is 19.9 Å². The molecular weight excluding hydrogens is 328 g/mol. The lowest BCUT2D eigenvalue weighted by atomic mass is 10.1. The fourth-order valence-corrected chi connectivity index (χ4v) is 2.45. The molecule has 0 aliphatic carbocycles. The molecule has 0 aliphatic heterocycles. The van der Waals surface area contributed by atoms with Crippen molar-refractivity contribution in [1.82, 2.24) is 19.9 Å². The van der Waals surface area contributed by atoms with E-state index in [1.54, 1.807) is 18.5 Å². The van der Waals surface area contributed by atoms with Crippen molar-refractivity contribution in [2.24, 2.45) is 0 Å². The van der Waals surface area contributed by atoms with Crippen LogP contribution in [0.15, 0.2) is 43.0 Å². The van der Waals surface area contributed by atoms with Gasteiger partial charge in [0.05, 0.1) is 18.8 Å². The van der Waals surface area contributed by atoms with E-state index in [9.17, 15) is 4.79 Å². The third kappa shape index (κ3) is 4.27. The Morgan fingerprint density at radius 1 is 1.00 bits per heavy atom. The van der Waals surface area contributed by atoms with Crippen molar-refractivity contribution in [3.8, 4) is 11.5 Å². The highest BCUT2D eigenvalue weighted by Gasteiger charge is 2.14. The molecule has 0 atom stereocenters. The molecule has 3 rings (SSSR count). The second-order valence-corrected chi connectivity index (χ2v) is 6.01. The summed E-state index contributed by atoms with van der Waals surface area (Å²) in [4.78, 5) is 29.5. The summed E-state index contributed by atoms with van der Waals surface area (Å²) in [5, 5.41) is 0. The van der Waals surface area contributed by atoms with Crippen molar-refractivity contribution in [1.29, 1.82) is 0 Å². The van der Waals surface area contributed by atoms with Crippen molar-refractivity contribution in [3.63, 3.8) is 0 Å². The molecule has 6 nitrogen and oxygen atoms in total. The zero-order valence-corrected chi connectivity index (χ0v) is 15.1. The molecule has 0 saturated heterocycles. The Labute approximate surface area is 152 Å². The minimum absolute atomic E-state index is 0.0924. The van der Waals surface area contributed by atoms with Gasteiger partial charge in [-0.3, -0.25) is 9.78 Å². The van der Waals surface area contributed by atoms with Crippen LogP contribution < -0.4 is 4.74 Å². The molecule has 132 valence electrons. The Hall–Kier alpha value is -3.15. The van der Waals surface area contributed by atoms with Crippen molar-refractivity contribution in [2.45, 2.75) is 33.6 Å². The van der Waals surface area contributed by atoms with Crippen LogP contribution in [0.25, 0.3) is 0 Å². The van der Waals surface area contributed by atoms with Crippen molar-refractivity contribution in [2.75, 3.05) is 0 Å². The maximum atomic E-state index is 12.7. The van der Waals surface area contributed by atoms with E-state index in [4.69, 9.17) is 4.74 Å². The first-order chi connectivity index (χ1) is 12.5. The number of aryl methyl sites for hydroxylation is 3. The third-order valence-electron chi connectivity index (χ3n) is 4.02. The van der Waals surface area contributed by atoms with Gasteiger partial charge < -0.3 is 4.74 Å². The van der Waals surface area contributed by atoms with Crippen molar-refractivity contribution < 1.29 is 9.53 Å². The molecule has 3 heterocycles. The molecule has 0 fully saturated rings. The smallest absolute Gasteiger partial charge is 0.187 e. The Morgan fingerprint density at radius 2 is 1.77 bits per heavy atom. The zero-order valence-electron chi connectivity index (χ0n) is 15.1. The fraction of sp³-hybridized carbons (Fsp3) is 0.250. The Bertz CT molecular complexity index is 926. The Kier molecular flexibility index (Phi) is 5.31. The summed E-state index contributed by atoms with van der Waals surface area (Å²) in [5.41, 5.74) is 3.93. The Balaban J connectivity index is 1.84. The SMILES string of the molecule is CCc1cc(Oc2cncnc2)cc(C(=O)Cc2ccc(C)c(C)n2)n1. The molecule has 3 aromatic heterocycles. The van der Waals surface area contributed by atoms with Crippen molar-refractivity contribution in [3.05, 3.63) is 71.3 Å². The van der Waals surface area contributed by atoms with Gasteiger partial charge in [-0.2, -0.15) is 0 Å². The van der Waals surface area contributed by atoms with Crippen molar-refractivity contribution >= 4 is 5.78 Å². The van der Waals surface area contributed by atoms with E-state index in [-0.39, 0.29) is 12.2 Å². The molecule has 3 aromatic rings. The topological polar surface area (TPSA) is 77.9 Å². The van der Waals surface area contributed by atoms with Gasteiger partial charge in [0.15, 0.2) is 11.5 Å². The molecule has 0 bridgehead atoms. The van der Waals surface area contributed by atoms with E-state index < -0.39 is 0 Å². The predicted molar refractivity (Wildman–Crippen MR) is 97.5 cm³/mol. The van der Waals surface area contributed by atoms with Gasteiger partial charge >= 0.3 is 0 Å². The first kappa shape index (κ1) is 17.7. The molecule has 26 heavy (non-hydrogen) atoms. The maximum absolute atomic E-state index is 12.7. The second kappa shape index (κ2) is 7.82. The summed E-state index contributed by atoms with van der Waals surface area (Å²) in [7, 11) is 0. The van der Waals surface area contributed by atoms with Gasteiger partial charge in [0, 0.05) is 29.2 Å². The van der Waals surface area contributed by atoms with Gasteiger partial charge in [-0.25, -0.2) is 15.0 Å². The third-order valence-corrected chi connectivity index (χ3v) is 4.02. The average molecular weight is 348 g/mol. The van der Waals surface area contributed by atoms with Gasteiger partial charge in [0.2, 0.25) is 0 Å². The van der Waals surface area contributed by atoms with Crippen LogP contribution in [-0.4, -0.2) is 25.7 Å². The number of rotatable bonds is 6. The predicted octanol–water partition coefficient (Wildman–Crippen LogP) is 3.66. The number of ketones is 1. The lowest BCUT2D eigenvalue weighted by Gasteiger charge is -2.09. The van der Waals surface area contributed by atoms with E-state index >= 15 is 0 Å². The van der Waals surface area contributed by atoms with Gasteiger partial charge in [-0.1, -0.05) is 13.0 Å². The maximum Gasteiger partial charge on any atom is 0.187 e. The summed E-state index contributed by atoms with van der Waals surface area (Å²) in [6.45, 7) is 5.92. The number of ether oxygens (including phenoxy) is 1. The summed E-state index contributed by atoms with van der Waals surface area (Å²) in [5.74, 6) is 0.961. The number of hydrogen-bond acceptors (Lipinski definition) is 6. The van der Waals surface area contributed by atoms with Crippen LogP contribution in [0.2, 0.25) is 0 Å². The fourth-order valence-electron chi connectivity index (χ4n) is 2.45. The van der Waals surface area contributed by atoms with E-state index in [1.165, 1.54) is 6.33 Å². The number of Topliss-reactive ketones (excluding diaryl/α,β-unsaturated/α-hetero) is 1. The molecule has 0 N–H and O–H groups in total. The number of nitrogens with zero attached hydrogens (tertiary/aromatic N) is 4. The van der Waals surface area contributed by atoms with E-state index in [0.29, 0.717) is 23.6 Å². The summed E-state index contributed by atoms with van der Waals surface area (Å²) in [6.07, 6.45) is 5.47. The van der Waals surface area contributed by atoms with Crippen LogP contribution in [-0.2, 0) is 12.8 Å². The number of carbonyl (C=O) groups is 1. The first-order valence-corrected chi connectivity index (χ1v) is 8.45. The molecule has 0 aromatic carbocycles. The lowest BCUT2D eigenvalue weighted by molar-refractivity contribution is 0.0986. The number of pyridine rings is 2. The summed E-state index contributed by atoms with van der Waals surface area (Å²) >= 11 is 0. The molecule has 0 saturated carbocycles. The van der Waals surface area contributed by atoms with Gasteiger partial charge in [-0.05, 0) is 31.9 Å². The van der Waals surface area contributed by atoms with Gasteiger partial charge in [0.1, 0.15) is 17.8 Å². The highest BCUT2D eigenvalue weighted by atomic mass is 16.5. The lowest BCUT2D eigenvalue weighted by Crippen LogP contribution is -2.09. The molecule has 0 aliphatic rings. The monoisotopic (exact) mass is 348 g/mol. The molecule has 6 heteroatoms. The first-order valence-electron chi connectivity index (χ1n) is 8.45. The van der Waals surface area contributed by atoms with Gasteiger partial charge in [0.25, 0.3) is 0 Å². The largest absolute Gasteiger partial charge is 0.454 e.